The van der Waals surface area contributed by atoms with Gasteiger partial charge >= 0.3 is 0 Å². The lowest BCUT2D eigenvalue weighted by atomic mass is 10.1. The van der Waals surface area contributed by atoms with Crippen LogP contribution >= 0.6 is 149 Å². The summed E-state index contributed by atoms with van der Waals surface area (Å²) in [7, 11) is 0. The average Bonchev–Trinajstić information content (AvgIpc) is 2.81. The third-order valence-corrected chi connectivity index (χ3v) is 13.7. The summed E-state index contributed by atoms with van der Waals surface area (Å²) in [6.45, 7) is 0.277. The zero-order valence-electron chi connectivity index (χ0n) is 15.5. The Kier molecular flexibility index (Phi) is 10.7. The third kappa shape index (κ3) is 6.25. The molecule has 0 aliphatic heterocycles. The predicted molar refractivity (Wildman–Crippen MR) is 157 cm³/mol. The van der Waals surface area contributed by atoms with E-state index in [0.717, 1.165) is 39.7 Å². The van der Waals surface area contributed by atoms with E-state index >= 15 is 0 Å². The molecule has 0 fully saturated rings. The minimum absolute atomic E-state index is 0.0394. The number of halogens is 10. The van der Waals surface area contributed by atoms with Crippen molar-refractivity contribution in [3.8, 4) is 5.75 Å². The maximum Gasteiger partial charge on any atom is 0.224 e. The highest BCUT2D eigenvalue weighted by molar-refractivity contribution is 9.15. The zero-order chi connectivity index (χ0) is 24.6. The summed E-state index contributed by atoms with van der Waals surface area (Å²) in [5.74, 6) is 0.619. The molecule has 0 saturated heterocycles. The number of hydrogen-bond acceptors (Lipinski definition) is 3. The van der Waals surface area contributed by atoms with Crippen LogP contribution in [0.2, 0.25) is 25.1 Å². The summed E-state index contributed by atoms with van der Waals surface area (Å²) in [4.78, 5) is 13.0. The van der Waals surface area contributed by atoms with E-state index in [1.54, 1.807) is 24.3 Å². The van der Waals surface area contributed by atoms with E-state index in [1.165, 1.54) is 0 Å². The summed E-state index contributed by atoms with van der Waals surface area (Å²) in [5.41, 5.74) is 1.30. The summed E-state index contributed by atoms with van der Waals surface area (Å²) >= 11 is 49.0. The maximum absolute atomic E-state index is 12.8. The van der Waals surface area contributed by atoms with Crippen LogP contribution in [0.5, 0.6) is 5.75 Å². The molecule has 174 valence electrons. The van der Waals surface area contributed by atoms with Gasteiger partial charge in [-0.1, -0.05) is 82.3 Å². The molecule has 0 spiro atoms. The van der Waals surface area contributed by atoms with Gasteiger partial charge < -0.3 is 4.74 Å². The van der Waals surface area contributed by atoms with Crippen LogP contribution in [0.4, 0.5) is 0 Å². The highest BCUT2D eigenvalue weighted by Gasteiger charge is 2.23. The van der Waals surface area contributed by atoms with Crippen LogP contribution in [-0.2, 0) is 6.61 Å². The van der Waals surface area contributed by atoms with Gasteiger partial charge in [-0.25, -0.2) is 0 Å². The molecule has 0 amide bonds. The van der Waals surface area contributed by atoms with Crippen molar-refractivity contribution < 1.29 is 9.53 Å². The van der Waals surface area contributed by atoms with Crippen LogP contribution in [0.3, 0.4) is 0 Å². The fourth-order valence-corrected chi connectivity index (χ4v) is 7.97. The fourth-order valence-electron chi connectivity index (χ4n) is 2.43. The molecule has 0 unspecified atom stereocenters. The van der Waals surface area contributed by atoms with Crippen LogP contribution < -0.4 is 4.74 Å². The lowest BCUT2D eigenvalue weighted by molar-refractivity contribution is 0.108. The van der Waals surface area contributed by atoms with Gasteiger partial charge in [0.1, 0.15) is 6.61 Å². The van der Waals surface area contributed by atoms with Crippen LogP contribution in [0.15, 0.2) is 51.5 Å². The molecule has 0 saturated carbocycles. The van der Waals surface area contributed by atoms with Crippen LogP contribution in [0.25, 0.3) is 0 Å². The summed E-state index contributed by atoms with van der Waals surface area (Å²) < 4.78 is 9.96. The molecule has 0 bridgehead atoms. The second-order valence-electron chi connectivity index (χ2n) is 6.17. The topological polar surface area (TPSA) is 26.3 Å². The fraction of sp³-hybridized carbons (Fsp3) is 0.0500. The molecule has 0 aliphatic carbocycles. The summed E-state index contributed by atoms with van der Waals surface area (Å²) in [6.07, 6.45) is 0. The lowest BCUT2D eigenvalue weighted by Crippen LogP contribution is -2.00. The lowest BCUT2D eigenvalue weighted by Gasteiger charge is -2.15. The van der Waals surface area contributed by atoms with Gasteiger partial charge in [0, 0.05) is 10.0 Å². The Hall–Kier alpha value is 1.33. The van der Waals surface area contributed by atoms with Crippen molar-refractivity contribution in [2.45, 2.75) is 11.5 Å². The van der Waals surface area contributed by atoms with Crippen molar-refractivity contribution in [3.63, 3.8) is 0 Å². The van der Waals surface area contributed by atoms with E-state index in [2.05, 4.69) is 79.6 Å². The van der Waals surface area contributed by atoms with Crippen LogP contribution in [0.1, 0.15) is 15.9 Å². The van der Waals surface area contributed by atoms with E-state index in [-0.39, 0.29) is 41.7 Å². The Bertz CT molecular complexity index is 1210. The predicted octanol–water partition coefficient (Wildman–Crippen LogP) is 12.3. The Morgan fingerprint density at radius 2 is 1.12 bits per heavy atom. The van der Waals surface area contributed by atoms with Crippen molar-refractivity contribution in [2.24, 2.45) is 0 Å². The normalized spacial score (nSPS) is 11.1. The first-order valence-corrected chi connectivity index (χ1v) is 15.1. The Morgan fingerprint density at radius 1 is 0.697 bits per heavy atom. The van der Waals surface area contributed by atoms with Gasteiger partial charge in [0.05, 0.1) is 47.9 Å². The van der Waals surface area contributed by atoms with Gasteiger partial charge in [0.25, 0.3) is 0 Å². The number of benzene rings is 3. The smallest absolute Gasteiger partial charge is 0.224 e. The van der Waals surface area contributed by atoms with Crippen molar-refractivity contribution in [1.82, 2.24) is 0 Å². The molecular formula is C20H6Br5Cl5O2S. The first-order valence-electron chi connectivity index (χ1n) is 8.42. The van der Waals surface area contributed by atoms with Crippen LogP contribution in [-0.4, -0.2) is 5.12 Å². The summed E-state index contributed by atoms with van der Waals surface area (Å²) in [6, 6.07) is 6.96. The molecule has 13 heteroatoms. The van der Waals surface area contributed by atoms with Crippen molar-refractivity contribution >= 4 is 155 Å². The summed E-state index contributed by atoms with van der Waals surface area (Å²) in [5, 5.41) is -0.0208. The quantitative estimate of drug-likeness (QED) is 0.145. The number of carbonyl (C=O) groups excluding carboxylic acids is 1. The maximum atomic E-state index is 12.8. The van der Waals surface area contributed by atoms with Crippen molar-refractivity contribution in [1.29, 1.82) is 0 Å². The van der Waals surface area contributed by atoms with E-state index in [1.807, 2.05) is 0 Å². The number of thioether (sulfide) groups is 1. The van der Waals surface area contributed by atoms with E-state index in [0.29, 0.717) is 11.3 Å². The monoisotopic (exact) mass is 879 g/mol. The molecule has 0 radical (unpaired) electrons. The third-order valence-electron chi connectivity index (χ3n) is 4.11. The zero-order valence-corrected chi connectivity index (χ0v) is 28.0. The Morgan fingerprint density at radius 3 is 1.61 bits per heavy atom. The van der Waals surface area contributed by atoms with Gasteiger partial charge in [-0.05, 0) is 97.0 Å². The first-order chi connectivity index (χ1) is 15.5. The van der Waals surface area contributed by atoms with Crippen LogP contribution in [0, 0.1) is 0 Å². The van der Waals surface area contributed by atoms with Gasteiger partial charge in [0.15, 0.2) is 5.75 Å². The SMILES string of the molecule is O=C(Sc1c(Cl)c(Cl)c(Cl)c(Cl)c1Cl)c1ccc(COc2c(Br)c(Br)c(Br)c(Br)c2Br)cc1. The van der Waals surface area contributed by atoms with Gasteiger partial charge in [-0.15, -0.1) is 0 Å². The molecule has 0 atom stereocenters. The molecule has 0 aliphatic rings. The van der Waals surface area contributed by atoms with E-state index in [9.17, 15) is 4.79 Å². The largest absolute Gasteiger partial charge is 0.486 e. The van der Waals surface area contributed by atoms with Crippen molar-refractivity contribution in [2.75, 3.05) is 0 Å². The highest BCUT2D eigenvalue weighted by atomic mass is 79.9. The molecule has 2 nitrogen and oxygen atoms in total. The second-order valence-corrected chi connectivity index (χ2v) is 13.0. The second kappa shape index (κ2) is 12.2. The van der Waals surface area contributed by atoms with E-state index in [4.69, 9.17) is 62.7 Å². The molecule has 3 aromatic carbocycles. The van der Waals surface area contributed by atoms with Gasteiger partial charge in [0.2, 0.25) is 5.12 Å². The molecule has 3 aromatic rings. The first kappa shape index (κ1) is 28.9. The van der Waals surface area contributed by atoms with E-state index < -0.39 is 0 Å². The number of carbonyl (C=O) groups is 1. The minimum atomic E-state index is -0.285. The Labute approximate surface area is 261 Å². The molecule has 33 heavy (non-hydrogen) atoms. The highest BCUT2D eigenvalue weighted by Crippen LogP contribution is 2.49. The number of hydrogen-bond donors (Lipinski definition) is 0. The standard InChI is InChI=1S/C20H6Br5Cl5O2S/c21-8-9(22)11(24)18(12(25)10(8)23)32-5-6-1-3-7(4-2-6)20(31)33-19-16(29)14(27)13(26)15(28)17(19)30/h1-4H,5H2. The molecular weight excluding hydrogens is 881 g/mol. The molecule has 0 N–H and O–H groups in total. The number of ether oxygens (including phenoxy) is 1. The molecule has 0 aromatic heterocycles. The number of rotatable bonds is 5. The van der Waals surface area contributed by atoms with Crippen molar-refractivity contribution in [3.05, 3.63) is 82.9 Å². The minimum Gasteiger partial charge on any atom is -0.486 e. The Balaban J connectivity index is 1.77. The average molecular weight is 887 g/mol. The molecule has 3 rings (SSSR count). The molecule has 0 heterocycles. The van der Waals surface area contributed by atoms with Gasteiger partial charge in [-0.2, -0.15) is 0 Å². The van der Waals surface area contributed by atoms with Gasteiger partial charge in [-0.3, -0.25) is 4.79 Å².